The Hall–Kier alpha value is -0.290. The molecule has 0 fully saturated rings. The summed E-state index contributed by atoms with van der Waals surface area (Å²) in [6.45, 7) is 0.671. The summed E-state index contributed by atoms with van der Waals surface area (Å²) >= 11 is 3.43. The fourth-order valence-electron chi connectivity index (χ4n) is 1.49. The van der Waals surface area contributed by atoms with Gasteiger partial charge in [-0.2, -0.15) is 0 Å². The molecule has 4 N–H and O–H groups in total. The van der Waals surface area contributed by atoms with E-state index < -0.39 is 0 Å². The van der Waals surface area contributed by atoms with Crippen LogP contribution in [0.15, 0.2) is 22.7 Å². The van der Waals surface area contributed by atoms with Gasteiger partial charge in [-0.25, -0.2) is 0 Å². The van der Waals surface area contributed by atoms with Crippen molar-refractivity contribution in [2.24, 2.45) is 11.5 Å². The first-order valence-electron chi connectivity index (χ1n) is 4.98. The summed E-state index contributed by atoms with van der Waals surface area (Å²) in [4.78, 5) is 0. The highest BCUT2D eigenvalue weighted by molar-refractivity contribution is 9.10. The third-order valence-corrected chi connectivity index (χ3v) is 2.80. The van der Waals surface area contributed by atoms with Crippen molar-refractivity contribution in [1.29, 1.82) is 0 Å². The van der Waals surface area contributed by atoms with Gasteiger partial charge in [0.1, 0.15) is 5.75 Å². The van der Waals surface area contributed by atoms with Crippen molar-refractivity contribution in [2.75, 3.05) is 13.7 Å². The lowest BCUT2D eigenvalue weighted by atomic mass is 10.0. The van der Waals surface area contributed by atoms with Crippen LogP contribution in [-0.4, -0.2) is 13.7 Å². The summed E-state index contributed by atoms with van der Waals surface area (Å²) in [6, 6.07) is 5.85. The van der Waals surface area contributed by atoms with Crippen LogP contribution in [0.3, 0.4) is 0 Å². The van der Waals surface area contributed by atoms with Crippen LogP contribution in [0.1, 0.15) is 24.4 Å². The van der Waals surface area contributed by atoms with E-state index >= 15 is 0 Å². The lowest BCUT2D eigenvalue weighted by molar-refractivity contribution is 0.403. The summed E-state index contributed by atoms with van der Waals surface area (Å²) in [5.41, 5.74) is 12.6. The van der Waals surface area contributed by atoms with Crippen LogP contribution < -0.4 is 16.2 Å². The van der Waals surface area contributed by atoms with Crippen LogP contribution >= 0.6 is 28.3 Å². The zero-order valence-electron chi connectivity index (χ0n) is 9.28. The minimum absolute atomic E-state index is 0. The molecule has 92 valence electrons. The molecule has 0 aromatic heterocycles. The molecule has 0 aliphatic carbocycles. The molecule has 0 amide bonds. The largest absolute Gasteiger partial charge is 0.496 e. The van der Waals surface area contributed by atoms with Gasteiger partial charge in [0.05, 0.1) is 7.11 Å². The zero-order chi connectivity index (χ0) is 11.3. The summed E-state index contributed by atoms with van der Waals surface area (Å²) in [5.74, 6) is 0.836. The summed E-state index contributed by atoms with van der Waals surface area (Å²) in [7, 11) is 1.66. The lowest BCUT2D eigenvalue weighted by Crippen LogP contribution is -2.13. The maximum atomic E-state index is 6.07. The number of halogens is 2. The van der Waals surface area contributed by atoms with E-state index in [2.05, 4.69) is 15.9 Å². The van der Waals surface area contributed by atoms with Crippen LogP contribution in [0.2, 0.25) is 0 Å². The minimum Gasteiger partial charge on any atom is -0.496 e. The first-order valence-corrected chi connectivity index (χ1v) is 5.77. The number of nitrogens with two attached hydrogens (primary N) is 2. The first kappa shape index (κ1) is 15.7. The molecule has 1 atom stereocenters. The molecule has 0 radical (unpaired) electrons. The predicted octanol–water partition coefficient (Wildman–Crippen LogP) is 2.62. The second kappa shape index (κ2) is 7.90. The Balaban J connectivity index is 0.00000225. The quantitative estimate of drug-likeness (QED) is 0.879. The van der Waals surface area contributed by atoms with Crippen molar-refractivity contribution in [3.63, 3.8) is 0 Å². The molecule has 5 heteroatoms. The van der Waals surface area contributed by atoms with Crippen LogP contribution in [0.4, 0.5) is 0 Å². The molecule has 0 aliphatic rings. The zero-order valence-corrected chi connectivity index (χ0v) is 11.7. The molecule has 1 aromatic carbocycles. The minimum atomic E-state index is -0.0130. The topological polar surface area (TPSA) is 61.3 Å². The molecule has 0 heterocycles. The maximum absolute atomic E-state index is 6.07. The van der Waals surface area contributed by atoms with Gasteiger partial charge in [0.2, 0.25) is 0 Å². The number of hydrogen-bond donors (Lipinski definition) is 2. The van der Waals surface area contributed by atoms with Gasteiger partial charge >= 0.3 is 0 Å². The molecular weight excluding hydrogens is 291 g/mol. The SMILES string of the molecule is COc1ccc(Br)cc1[C@H](N)CCCN.Cl. The Bertz CT molecular complexity index is 323. The van der Waals surface area contributed by atoms with E-state index in [-0.39, 0.29) is 18.4 Å². The Morgan fingerprint density at radius 3 is 2.69 bits per heavy atom. The van der Waals surface area contributed by atoms with Gasteiger partial charge in [-0.15, -0.1) is 12.4 Å². The first-order chi connectivity index (χ1) is 7.19. The Morgan fingerprint density at radius 1 is 1.44 bits per heavy atom. The van der Waals surface area contributed by atoms with E-state index in [1.807, 2.05) is 18.2 Å². The van der Waals surface area contributed by atoms with Gasteiger partial charge in [0.25, 0.3) is 0 Å². The number of rotatable bonds is 5. The fraction of sp³-hybridized carbons (Fsp3) is 0.455. The molecule has 0 spiro atoms. The molecule has 0 bridgehead atoms. The van der Waals surface area contributed by atoms with E-state index in [4.69, 9.17) is 16.2 Å². The molecule has 0 unspecified atom stereocenters. The van der Waals surface area contributed by atoms with Crippen molar-refractivity contribution < 1.29 is 4.74 Å². The fourth-order valence-corrected chi connectivity index (χ4v) is 1.87. The number of ether oxygens (including phenoxy) is 1. The van der Waals surface area contributed by atoms with E-state index in [1.165, 1.54) is 0 Å². The molecule has 1 rings (SSSR count). The van der Waals surface area contributed by atoms with Crippen molar-refractivity contribution in [2.45, 2.75) is 18.9 Å². The standard InChI is InChI=1S/C11H17BrN2O.ClH/c1-15-11-5-4-8(12)7-9(11)10(14)3-2-6-13;/h4-5,7,10H,2-3,6,13-14H2,1H3;1H/t10-;/m1./s1. The molecule has 1 aromatic rings. The van der Waals surface area contributed by atoms with Gasteiger partial charge < -0.3 is 16.2 Å². The van der Waals surface area contributed by atoms with E-state index in [1.54, 1.807) is 7.11 Å². The summed E-state index contributed by atoms with van der Waals surface area (Å²) in [5, 5.41) is 0. The smallest absolute Gasteiger partial charge is 0.123 e. The number of hydrogen-bond acceptors (Lipinski definition) is 3. The van der Waals surface area contributed by atoms with E-state index in [9.17, 15) is 0 Å². The van der Waals surface area contributed by atoms with Gasteiger partial charge in [0, 0.05) is 16.1 Å². The van der Waals surface area contributed by atoms with Gasteiger partial charge in [0.15, 0.2) is 0 Å². The van der Waals surface area contributed by atoms with Crippen molar-refractivity contribution in [3.8, 4) is 5.75 Å². The monoisotopic (exact) mass is 308 g/mol. The molecule has 0 saturated heterocycles. The number of benzene rings is 1. The van der Waals surface area contributed by atoms with Crippen molar-refractivity contribution in [3.05, 3.63) is 28.2 Å². The highest BCUT2D eigenvalue weighted by Crippen LogP contribution is 2.29. The second-order valence-electron chi connectivity index (χ2n) is 3.42. The van der Waals surface area contributed by atoms with Gasteiger partial charge in [-0.05, 0) is 37.6 Å². The summed E-state index contributed by atoms with van der Waals surface area (Å²) in [6.07, 6.45) is 1.81. The van der Waals surface area contributed by atoms with Crippen molar-refractivity contribution in [1.82, 2.24) is 0 Å². The average Bonchev–Trinajstić information content (AvgIpc) is 2.25. The Morgan fingerprint density at radius 2 is 2.12 bits per heavy atom. The van der Waals surface area contributed by atoms with E-state index in [0.717, 1.165) is 28.6 Å². The second-order valence-corrected chi connectivity index (χ2v) is 4.34. The van der Waals surface area contributed by atoms with E-state index in [0.29, 0.717) is 6.54 Å². The third kappa shape index (κ3) is 4.29. The third-order valence-electron chi connectivity index (χ3n) is 2.31. The molecule has 16 heavy (non-hydrogen) atoms. The van der Waals surface area contributed by atoms with Gasteiger partial charge in [-0.3, -0.25) is 0 Å². The predicted molar refractivity (Wildman–Crippen MR) is 73.2 cm³/mol. The molecule has 0 aliphatic heterocycles. The normalized spacial score (nSPS) is 11.8. The highest BCUT2D eigenvalue weighted by atomic mass is 79.9. The van der Waals surface area contributed by atoms with Crippen LogP contribution in [0.5, 0.6) is 5.75 Å². The van der Waals surface area contributed by atoms with Gasteiger partial charge in [-0.1, -0.05) is 15.9 Å². The Labute approximate surface area is 111 Å². The average molecular weight is 310 g/mol. The van der Waals surface area contributed by atoms with Crippen LogP contribution in [0, 0.1) is 0 Å². The molecule has 0 saturated carbocycles. The molecular formula is C11H18BrClN2O. The van der Waals surface area contributed by atoms with Crippen molar-refractivity contribution >= 4 is 28.3 Å². The lowest BCUT2D eigenvalue weighted by Gasteiger charge is -2.15. The summed E-state index contributed by atoms with van der Waals surface area (Å²) < 4.78 is 6.28. The highest BCUT2D eigenvalue weighted by Gasteiger charge is 2.11. The number of methoxy groups -OCH3 is 1. The maximum Gasteiger partial charge on any atom is 0.123 e. The van der Waals surface area contributed by atoms with Crippen LogP contribution in [-0.2, 0) is 0 Å². The van der Waals surface area contributed by atoms with Crippen LogP contribution in [0.25, 0.3) is 0 Å². The Kier molecular flexibility index (Phi) is 7.76. The molecule has 3 nitrogen and oxygen atoms in total.